The largest absolute Gasteiger partial charge is 0.454 e. The van der Waals surface area contributed by atoms with Crippen LogP contribution in [0.3, 0.4) is 0 Å². The number of benzene rings is 1. The van der Waals surface area contributed by atoms with Crippen LogP contribution in [0.15, 0.2) is 12.1 Å². The summed E-state index contributed by atoms with van der Waals surface area (Å²) < 4.78 is 21.8. The number of halogens is 1. The van der Waals surface area contributed by atoms with E-state index in [4.69, 9.17) is 21.1 Å². The lowest BCUT2D eigenvalue weighted by Crippen LogP contribution is -2.27. The molecule has 1 heterocycles. The summed E-state index contributed by atoms with van der Waals surface area (Å²) in [5.41, 5.74) is 1.03. The third-order valence-electron chi connectivity index (χ3n) is 2.81. The summed E-state index contributed by atoms with van der Waals surface area (Å²) in [6.45, 7) is 3.54. The van der Waals surface area contributed by atoms with E-state index in [1.165, 1.54) is 0 Å². The fraction of sp³-hybridized carbons (Fsp3) is 0.500. The van der Waals surface area contributed by atoms with Crippen LogP contribution >= 0.6 is 11.6 Å². The van der Waals surface area contributed by atoms with Gasteiger partial charge in [-0.2, -0.15) is 0 Å². The minimum Gasteiger partial charge on any atom is -0.454 e. The molecule has 2 rings (SSSR count). The molecule has 0 aromatic heterocycles. The fourth-order valence-electron chi connectivity index (χ4n) is 1.66. The van der Waals surface area contributed by atoms with E-state index in [1.807, 2.05) is 19.1 Å². The Morgan fingerprint density at radius 3 is 3.00 bits per heavy atom. The Labute approximate surface area is 114 Å². The third kappa shape index (κ3) is 3.16. The number of ether oxygens (including phenoxy) is 2. The maximum absolute atomic E-state index is 11.2. The second-order valence-electron chi connectivity index (χ2n) is 4.25. The van der Waals surface area contributed by atoms with Crippen molar-refractivity contribution in [3.05, 3.63) is 22.7 Å². The van der Waals surface area contributed by atoms with Gasteiger partial charge in [0.1, 0.15) is 0 Å². The van der Waals surface area contributed by atoms with Crippen LogP contribution in [0, 0.1) is 0 Å². The van der Waals surface area contributed by atoms with E-state index in [0.29, 0.717) is 29.6 Å². The lowest BCUT2D eigenvalue weighted by molar-refractivity contribution is 0.174. The standard InChI is InChI=1S/C12H16ClNO3S/c1-8(18(2)15)5-14-6-9-3-10(13)12-11(4-9)16-7-17-12/h3-4,8,14H,5-7H2,1-2H3. The Bertz CT molecular complexity index is 467. The molecule has 0 saturated heterocycles. The molecule has 2 atom stereocenters. The zero-order valence-corrected chi connectivity index (χ0v) is 11.9. The predicted octanol–water partition coefficient (Wildman–Crippen LogP) is 1.93. The third-order valence-corrected chi connectivity index (χ3v) is 4.40. The number of hydrogen-bond donors (Lipinski definition) is 1. The molecule has 100 valence electrons. The summed E-state index contributed by atoms with van der Waals surface area (Å²) >= 11 is 6.09. The SMILES string of the molecule is CC(CNCc1cc(Cl)c2c(c1)OCO2)S(C)=O. The molecular weight excluding hydrogens is 274 g/mol. The van der Waals surface area contributed by atoms with E-state index in [0.717, 1.165) is 5.56 Å². The molecule has 6 heteroatoms. The van der Waals surface area contributed by atoms with Gasteiger partial charge in [-0.05, 0) is 24.6 Å². The molecule has 0 saturated carbocycles. The van der Waals surface area contributed by atoms with E-state index < -0.39 is 10.8 Å². The summed E-state index contributed by atoms with van der Waals surface area (Å²) in [7, 11) is -0.806. The molecule has 1 aromatic carbocycles. The zero-order chi connectivity index (χ0) is 13.1. The van der Waals surface area contributed by atoms with Crippen molar-refractivity contribution in [2.24, 2.45) is 0 Å². The number of nitrogens with one attached hydrogen (secondary N) is 1. The molecule has 1 aliphatic heterocycles. The van der Waals surface area contributed by atoms with Gasteiger partial charge in [-0.15, -0.1) is 0 Å². The molecule has 4 nitrogen and oxygen atoms in total. The Hall–Kier alpha value is -0.780. The maximum Gasteiger partial charge on any atom is 0.231 e. The minimum atomic E-state index is -0.806. The average molecular weight is 290 g/mol. The summed E-state index contributed by atoms with van der Waals surface area (Å²) in [5, 5.41) is 3.95. The van der Waals surface area contributed by atoms with Gasteiger partial charge in [-0.3, -0.25) is 4.21 Å². The molecule has 0 radical (unpaired) electrons. The first kappa shape index (κ1) is 13.6. The Balaban J connectivity index is 1.94. The van der Waals surface area contributed by atoms with E-state index >= 15 is 0 Å². The Morgan fingerprint density at radius 1 is 1.50 bits per heavy atom. The van der Waals surface area contributed by atoms with Crippen LogP contribution in [0.5, 0.6) is 11.5 Å². The lowest BCUT2D eigenvalue weighted by atomic mass is 10.2. The number of fused-ring (bicyclic) bond motifs is 1. The summed E-state index contributed by atoms with van der Waals surface area (Å²) in [6, 6.07) is 3.77. The monoisotopic (exact) mass is 289 g/mol. The van der Waals surface area contributed by atoms with Crippen LogP contribution in [0.1, 0.15) is 12.5 Å². The van der Waals surface area contributed by atoms with Gasteiger partial charge in [0.05, 0.1) is 5.02 Å². The van der Waals surface area contributed by atoms with Gasteiger partial charge in [0.2, 0.25) is 6.79 Å². The molecule has 0 aliphatic carbocycles. The Morgan fingerprint density at radius 2 is 2.28 bits per heavy atom. The van der Waals surface area contributed by atoms with E-state index in [-0.39, 0.29) is 12.0 Å². The maximum atomic E-state index is 11.2. The minimum absolute atomic E-state index is 0.134. The number of rotatable bonds is 5. The van der Waals surface area contributed by atoms with E-state index in [9.17, 15) is 4.21 Å². The van der Waals surface area contributed by atoms with Gasteiger partial charge in [-0.1, -0.05) is 11.6 Å². The first-order valence-electron chi connectivity index (χ1n) is 5.69. The lowest BCUT2D eigenvalue weighted by Gasteiger charge is -2.10. The van der Waals surface area contributed by atoms with Gasteiger partial charge in [0, 0.05) is 35.4 Å². The highest BCUT2D eigenvalue weighted by atomic mass is 35.5. The van der Waals surface area contributed by atoms with Crippen LogP contribution in [0.4, 0.5) is 0 Å². The second kappa shape index (κ2) is 5.91. The van der Waals surface area contributed by atoms with Crippen molar-refractivity contribution in [2.75, 3.05) is 19.6 Å². The van der Waals surface area contributed by atoms with Crippen molar-refractivity contribution < 1.29 is 13.7 Å². The molecule has 0 amide bonds. The first-order valence-corrected chi connectivity index (χ1v) is 7.69. The highest BCUT2D eigenvalue weighted by molar-refractivity contribution is 7.84. The summed E-state index contributed by atoms with van der Waals surface area (Å²) in [4.78, 5) is 0. The van der Waals surface area contributed by atoms with Crippen molar-refractivity contribution in [3.63, 3.8) is 0 Å². The summed E-state index contributed by atoms with van der Waals surface area (Å²) in [5.74, 6) is 1.30. The van der Waals surface area contributed by atoms with Crippen LogP contribution in [0.25, 0.3) is 0 Å². The molecule has 1 aromatic rings. The molecule has 0 fully saturated rings. The smallest absolute Gasteiger partial charge is 0.231 e. The van der Waals surface area contributed by atoms with Crippen LogP contribution in [-0.4, -0.2) is 29.1 Å². The van der Waals surface area contributed by atoms with Crippen LogP contribution in [0.2, 0.25) is 5.02 Å². The van der Waals surface area contributed by atoms with Crippen molar-refractivity contribution in [3.8, 4) is 11.5 Å². The van der Waals surface area contributed by atoms with Gasteiger partial charge in [-0.25, -0.2) is 0 Å². The topological polar surface area (TPSA) is 47.6 Å². The van der Waals surface area contributed by atoms with Gasteiger partial charge < -0.3 is 14.8 Å². The van der Waals surface area contributed by atoms with Crippen LogP contribution in [-0.2, 0) is 17.3 Å². The van der Waals surface area contributed by atoms with Gasteiger partial charge in [0.25, 0.3) is 0 Å². The van der Waals surface area contributed by atoms with Crippen molar-refractivity contribution in [1.82, 2.24) is 5.32 Å². The van der Waals surface area contributed by atoms with E-state index in [2.05, 4.69) is 5.32 Å². The molecule has 0 bridgehead atoms. The Kier molecular flexibility index (Phi) is 4.48. The van der Waals surface area contributed by atoms with Crippen molar-refractivity contribution >= 4 is 22.4 Å². The molecule has 1 aliphatic rings. The first-order chi connectivity index (χ1) is 8.58. The molecule has 18 heavy (non-hydrogen) atoms. The quantitative estimate of drug-likeness (QED) is 0.900. The predicted molar refractivity (Wildman–Crippen MR) is 72.8 cm³/mol. The van der Waals surface area contributed by atoms with E-state index in [1.54, 1.807) is 6.26 Å². The molecule has 2 unspecified atom stereocenters. The number of hydrogen-bond acceptors (Lipinski definition) is 4. The highest BCUT2D eigenvalue weighted by Crippen LogP contribution is 2.39. The van der Waals surface area contributed by atoms with Crippen molar-refractivity contribution in [2.45, 2.75) is 18.7 Å². The van der Waals surface area contributed by atoms with Crippen molar-refractivity contribution in [1.29, 1.82) is 0 Å². The second-order valence-corrected chi connectivity index (χ2v) is 6.46. The van der Waals surface area contributed by atoms with Crippen LogP contribution < -0.4 is 14.8 Å². The summed E-state index contributed by atoms with van der Waals surface area (Å²) in [6.07, 6.45) is 1.71. The fourth-order valence-corrected chi connectivity index (χ4v) is 2.30. The van der Waals surface area contributed by atoms with Gasteiger partial charge >= 0.3 is 0 Å². The zero-order valence-electron chi connectivity index (χ0n) is 10.4. The molecule has 1 N–H and O–H groups in total. The molecular formula is C12H16ClNO3S. The molecule has 0 spiro atoms. The normalized spacial score (nSPS) is 16.6. The average Bonchev–Trinajstić information content (AvgIpc) is 2.77. The van der Waals surface area contributed by atoms with Gasteiger partial charge in [0.15, 0.2) is 11.5 Å². The highest BCUT2D eigenvalue weighted by Gasteiger charge is 2.18.